The van der Waals surface area contributed by atoms with E-state index in [4.69, 9.17) is 0 Å². The average Bonchev–Trinajstić information content (AvgIpc) is 2.68. The van der Waals surface area contributed by atoms with Gasteiger partial charge in [0.1, 0.15) is 6.04 Å². The summed E-state index contributed by atoms with van der Waals surface area (Å²) in [6.45, 7) is 2.30. The molecule has 0 saturated heterocycles. The first-order chi connectivity index (χ1) is 8.45. The number of amides is 1. The first-order valence-corrected chi connectivity index (χ1v) is 7.65. The predicted molar refractivity (Wildman–Crippen MR) is 69.9 cm³/mol. The minimum atomic E-state index is -3.46. The fourth-order valence-corrected chi connectivity index (χ4v) is 3.43. The highest BCUT2D eigenvalue weighted by Crippen LogP contribution is 2.33. The van der Waals surface area contributed by atoms with Crippen LogP contribution in [0.3, 0.4) is 0 Å². The lowest BCUT2D eigenvalue weighted by Crippen LogP contribution is -2.47. The standard InChI is InChI=1S/C12H16N2O3S/c1-3-13-12(15)11-8-9-6-4-5-7-10(9)14(11)18(2,16)17/h4-7,11H,3,8H2,1-2H3,(H,13,15). The predicted octanol–water partition coefficient (Wildman–Crippen LogP) is 0.513. The molecule has 1 aromatic carbocycles. The molecule has 1 heterocycles. The fourth-order valence-electron chi connectivity index (χ4n) is 2.26. The zero-order chi connectivity index (χ0) is 13.3. The third kappa shape index (κ3) is 2.20. The maximum atomic E-state index is 12.0. The highest BCUT2D eigenvalue weighted by molar-refractivity contribution is 7.92. The molecular formula is C12H16N2O3S. The van der Waals surface area contributed by atoms with Crippen molar-refractivity contribution < 1.29 is 13.2 Å². The van der Waals surface area contributed by atoms with Gasteiger partial charge in [0.25, 0.3) is 0 Å². The van der Waals surface area contributed by atoms with E-state index in [1.807, 2.05) is 19.1 Å². The van der Waals surface area contributed by atoms with E-state index >= 15 is 0 Å². The van der Waals surface area contributed by atoms with Gasteiger partial charge in [0.15, 0.2) is 0 Å². The molecule has 0 saturated carbocycles. The van der Waals surface area contributed by atoms with E-state index in [1.165, 1.54) is 4.31 Å². The maximum absolute atomic E-state index is 12.0. The zero-order valence-corrected chi connectivity index (χ0v) is 11.2. The number of fused-ring (bicyclic) bond motifs is 1. The molecule has 1 unspecified atom stereocenters. The number of hydrogen-bond acceptors (Lipinski definition) is 3. The van der Waals surface area contributed by atoms with Gasteiger partial charge >= 0.3 is 0 Å². The van der Waals surface area contributed by atoms with Gasteiger partial charge < -0.3 is 5.32 Å². The molecule has 1 N–H and O–H groups in total. The molecule has 5 nitrogen and oxygen atoms in total. The molecule has 0 spiro atoms. The Labute approximate surface area is 107 Å². The summed E-state index contributed by atoms with van der Waals surface area (Å²) in [5, 5.41) is 2.68. The highest BCUT2D eigenvalue weighted by Gasteiger charge is 2.39. The van der Waals surface area contributed by atoms with Gasteiger partial charge in [0.2, 0.25) is 15.9 Å². The summed E-state index contributed by atoms with van der Waals surface area (Å²) < 4.78 is 24.9. The van der Waals surface area contributed by atoms with Crippen molar-refractivity contribution in [2.45, 2.75) is 19.4 Å². The molecule has 1 aromatic rings. The minimum Gasteiger partial charge on any atom is -0.355 e. The van der Waals surface area contributed by atoms with E-state index in [0.717, 1.165) is 11.8 Å². The highest BCUT2D eigenvalue weighted by atomic mass is 32.2. The van der Waals surface area contributed by atoms with Crippen LogP contribution in [-0.4, -0.2) is 33.2 Å². The third-order valence-corrected chi connectivity index (χ3v) is 4.10. The second-order valence-corrected chi connectivity index (χ2v) is 6.16. The van der Waals surface area contributed by atoms with Gasteiger partial charge in [-0.25, -0.2) is 8.42 Å². The normalized spacial score (nSPS) is 18.6. The summed E-state index contributed by atoms with van der Waals surface area (Å²) in [6.07, 6.45) is 1.55. The van der Waals surface area contributed by atoms with Crippen LogP contribution in [0.25, 0.3) is 0 Å². The number of benzene rings is 1. The summed E-state index contributed by atoms with van der Waals surface area (Å²) in [6, 6.07) is 6.54. The Bertz CT molecular complexity index is 568. The van der Waals surface area contributed by atoms with Crippen LogP contribution in [0.15, 0.2) is 24.3 Å². The van der Waals surface area contributed by atoms with Crippen LogP contribution in [0.2, 0.25) is 0 Å². The second kappa shape index (κ2) is 4.61. The summed E-state index contributed by atoms with van der Waals surface area (Å²) in [5.41, 5.74) is 1.50. The lowest BCUT2D eigenvalue weighted by molar-refractivity contribution is -0.121. The van der Waals surface area contributed by atoms with Crippen molar-refractivity contribution in [3.8, 4) is 0 Å². The molecule has 1 amide bonds. The molecule has 2 rings (SSSR count). The number of para-hydroxylation sites is 1. The van der Waals surface area contributed by atoms with Crippen LogP contribution < -0.4 is 9.62 Å². The van der Waals surface area contributed by atoms with Gasteiger partial charge in [0, 0.05) is 13.0 Å². The number of carbonyl (C=O) groups is 1. The van der Waals surface area contributed by atoms with Crippen LogP contribution in [0.1, 0.15) is 12.5 Å². The van der Waals surface area contributed by atoms with Crippen molar-refractivity contribution in [1.29, 1.82) is 0 Å². The lowest BCUT2D eigenvalue weighted by atomic mass is 10.1. The molecule has 0 fully saturated rings. The monoisotopic (exact) mass is 268 g/mol. The van der Waals surface area contributed by atoms with Crippen molar-refractivity contribution in [2.75, 3.05) is 17.1 Å². The van der Waals surface area contributed by atoms with Crippen LogP contribution >= 0.6 is 0 Å². The van der Waals surface area contributed by atoms with Gasteiger partial charge in [-0.3, -0.25) is 9.10 Å². The number of nitrogens with one attached hydrogen (secondary N) is 1. The molecule has 1 atom stereocenters. The molecule has 0 bridgehead atoms. The van der Waals surface area contributed by atoms with Crippen molar-refractivity contribution >= 4 is 21.6 Å². The van der Waals surface area contributed by atoms with Crippen molar-refractivity contribution in [3.05, 3.63) is 29.8 Å². The summed E-state index contributed by atoms with van der Waals surface area (Å²) >= 11 is 0. The molecular weight excluding hydrogens is 252 g/mol. The number of carbonyl (C=O) groups excluding carboxylic acids is 1. The average molecular weight is 268 g/mol. The Morgan fingerprint density at radius 1 is 1.44 bits per heavy atom. The molecule has 1 aliphatic rings. The van der Waals surface area contributed by atoms with Crippen LogP contribution in [0, 0.1) is 0 Å². The van der Waals surface area contributed by atoms with Gasteiger partial charge in [-0.1, -0.05) is 18.2 Å². The molecule has 0 radical (unpaired) electrons. The minimum absolute atomic E-state index is 0.251. The Morgan fingerprint density at radius 3 is 2.72 bits per heavy atom. The number of sulfonamides is 1. The molecule has 6 heteroatoms. The summed E-state index contributed by atoms with van der Waals surface area (Å²) in [5.74, 6) is -0.251. The van der Waals surface area contributed by atoms with E-state index in [9.17, 15) is 13.2 Å². The molecule has 0 aromatic heterocycles. The smallest absolute Gasteiger partial charge is 0.244 e. The van der Waals surface area contributed by atoms with E-state index in [-0.39, 0.29) is 5.91 Å². The van der Waals surface area contributed by atoms with E-state index < -0.39 is 16.1 Å². The van der Waals surface area contributed by atoms with Crippen molar-refractivity contribution in [3.63, 3.8) is 0 Å². The summed E-state index contributed by atoms with van der Waals surface area (Å²) in [7, 11) is -3.46. The Balaban J connectivity index is 2.44. The topological polar surface area (TPSA) is 66.5 Å². The number of rotatable bonds is 3. The lowest BCUT2D eigenvalue weighted by Gasteiger charge is -2.24. The fraction of sp³-hybridized carbons (Fsp3) is 0.417. The van der Waals surface area contributed by atoms with E-state index in [1.54, 1.807) is 12.1 Å². The molecule has 98 valence electrons. The second-order valence-electron chi connectivity index (χ2n) is 4.30. The SMILES string of the molecule is CCNC(=O)C1Cc2ccccc2N1S(C)(=O)=O. The van der Waals surface area contributed by atoms with Gasteiger partial charge in [-0.05, 0) is 18.6 Å². The van der Waals surface area contributed by atoms with Gasteiger partial charge in [0.05, 0.1) is 11.9 Å². The Morgan fingerprint density at radius 2 is 2.11 bits per heavy atom. The summed E-state index contributed by atoms with van der Waals surface area (Å²) in [4.78, 5) is 12.0. The van der Waals surface area contributed by atoms with Crippen LogP contribution in [0.4, 0.5) is 5.69 Å². The van der Waals surface area contributed by atoms with Crippen LogP contribution in [-0.2, 0) is 21.2 Å². The largest absolute Gasteiger partial charge is 0.355 e. The maximum Gasteiger partial charge on any atom is 0.244 e. The van der Waals surface area contributed by atoms with Crippen molar-refractivity contribution in [2.24, 2.45) is 0 Å². The third-order valence-electron chi connectivity index (χ3n) is 2.94. The van der Waals surface area contributed by atoms with Crippen molar-refractivity contribution in [1.82, 2.24) is 5.32 Å². The Kier molecular flexibility index (Phi) is 3.30. The van der Waals surface area contributed by atoms with Crippen LogP contribution in [0.5, 0.6) is 0 Å². The van der Waals surface area contributed by atoms with E-state index in [2.05, 4.69) is 5.32 Å². The zero-order valence-electron chi connectivity index (χ0n) is 10.4. The number of nitrogens with zero attached hydrogens (tertiary/aromatic N) is 1. The first-order valence-electron chi connectivity index (χ1n) is 5.80. The molecule has 1 aliphatic heterocycles. The van der Waals surface area contributed by atoms with Gasteiger partial charge in [-0.15, -0.1) is 0 Å². The molecule has 18 heavy (non-hydrogen) atoms. The first kappa shape index (κ1) is 12.9. The molecule has 0 aliphatic carbocycles. The number of likely N-dealkylation sites (N-methyl/N-ethyl adjacent to an activating group) is 1. The number of anilines is 1. The quantitative estimate of drug-likeness (QED) is 0.868. The number of hydrogen-bond donors (Lipinski definition) is 1. The van der Waals surface area contributed by atoms with Gasteiger partial charge in [-0.2, -0.15) is 0 Å². The van der Waals surface area contributed by atoms with E-state index in [0.29, 0.717) is 18.7 Å². The Hall–Kier alpha value is -1.56.